The summed E-state index contributed by atoms with van der Waals surface area (Å²) in [5.74, 6) is -3.30. The monoisotopic (exact) mass is 825 g/mol. The number of nitrogens with zero attached hydrogens (tertiary/aromatic N) is 4. The zero-order valence-electron chi connectivity index (χ0n) is 31.2. The van der Waals surface area contributed by atoms with Crippen LogP contribution in [0.15, 0.2) is 85.5 Å². The van der Waals surface area contributed by atoms with E-state index in [0.717, 1.165) is 26.2 Å². The van der Waals surface area contributed by atoms with Crippen LogP contribution in [0.4, 0.5) is 0 Å². The first-order chi connectivity index (χ1) is 23.9. The smallest absolute Gasteiger partial charge is 0.545 e. The van der Waals surface area contributed by atoms with Crippen molar-refractivity contribution in [3.63, 3.8) is 0 Å². The number of carbonyl (C=O) groups excluding carboxylic acids is 4. The summed E-state index contributed by atoms with van der Waals surface area (Å²) in [6.07, 6.45) is 6.53. The summed E-state index contributed by atoms with van der Waals surface area (Å²) in [7, 11) is 2.68. The Morgan fingerprint density at radius 2 is 0.891 bits per heavy atom. The molecule has 0 atom stereocenters. The van der Waals surface area contributed by atoms with Crippen molar-refractivity contribution in [1.29, 1.82) is 0 Å². The second-order valence-electron chi connectivity index (χ2n) is 9.73. The van der Waals surface area contributed by atoms with Gasteiger partial charge < -0.3 is 71.2 Å². The summed E-state index contributed by atoms with van der Waals surface area (Å²) in [5.41, 5.74) is 0.779. The molecule has 0 aliphatic carbocycles. The predicted octanol–water partition coefficient (Wildman–Crippen LogP) is -0.645. The molecular formula is C36H50CuN4O14. The van der Waals surface area contributed by atoms with E-state index in [-0.39, 0.29) is 73.4 Å². The van der Waals surface area contributed by atoms with Crippen LogP contribution in [0.3, 0.4) is 0 Å². The van der Waals surface area contributed by atoms with Gasteiger partial charge in [-0.25, -0.2) is 0 Å². The van der Waals surface area contributed by atoms with Gasteiger partial charge in [0.05, 0.1) is 37.3 Å². The number of aromatic carboxylic acids is 2. The van der Waals surface area contributed by atoms with E-state index in [9.17, 15) is 39.6 Å². The van der Waals surface area contributed by atoms with Crippen LogP contribution in [-0.2, 0) is 17.1 Å². The third-order valence-corrected chi connectivity index (χ3v) is 6.80. The molecule has 0 unspecified atom stereocenters. The summed E-state index contributed by atoms with van der Waals surface area (Å²) >= 11 is 0. The minimum absolute atomic E-state index is 0. The molecule has 0 spiro atoms. The Kier molecular flexibility index (Phi) is 33.7. The number of carbonyl (C=O) groups is 4. The number of carboxylic acid groups (broad SMARTS) is 2. The van der Waals surface area contributed by atoms with Crippen molar-refractivity contribution in [1.82, 2.24) is 19.8 Å². The van der Waals surface area contributed by atoms with Gasteiger partial charge in [-0.1, -0.05) is 12.1 Å². The van der Waals surface area contributed by atoms with Crippen molar-refractivity contribution in [2.45, 2.75) is 27.7 Å². The largest absolute Gasteiger partial charge is 2.00 e. The zero-order valence-corrected chi connectivity index (χ0v) is 32.1. The minimum Gasteiger partial charge on any atom is -0.545 e. The van der Waals surface area contributed by atoms with Crippen LogP contribution in [0, 0.1) is 0 Å². The Balaban J connectivity index is -0.000000196. The molecule has 0 aliphatic rings. The van der Waals surface area contributed by atoms with Crippen LogP contribution in [0.1, 0.15) is 69.1 Å². The molecule has 0 aliphatic heterocycles. The molecular weight excluding hydrogens is 776 g/mol. The Labute approximate surface area is 329 Å². The molecule has 55 heavy (non-hydrogen) atoms. The van der Waals surface area contributed by atoms with Crippen LogP contribution < -0.4 is 19.7 Å². The van der Waals surface area contributed by atoms with E-state index >= 15 is 0 Å². The molecule has 1 radical (unpaired) electrons. The van der Waals surface area contributed by atoms with E-state index in [2.05, 4.69) is 9.97 Å². The fourth-order valence-electron chi connectivity index (χ4n) is 4.07. The van der Waals surface area contributed by atoms with Crippen LogP contribution >= 0.6 is 0 Å². The van der Waals surface area contributed by atoms with Crippen molar-refractivity contribution in [3.8, 4) is 23.0 Å². The van der Waals surface area contributed by atoms with Crippen LogP contribution in [0.5, 0.6) is 23.0 Å². The second-order valence-corrected chi connectivity index (χ2v) is 9.73. The summed E-state index contributed by atoms with van der Waals surface area (Å²) < 4.78 is 9.39. The predicted molar refractivity (Wildman–Crippen MR) is 195 cm³/mol. The van der Waals surface area contributed by atoms with Gasteiger partial charge in [-0.2, -0.15) is 0 Å². The Bertz CT molecular complexity index is 1540. The van der Waals surface area contributed by atoms with E-state index in [1.165, 1.54) is 50.6 Å². The molecule has 309 valence electrons. The molecule has 4 rings (SSSR count). The molecule has 2 amide bonds. The maximum atomic E-state index is 11.7. The molecule has 0 saturated carbocycles. The van der Waals surface area contributed by atoms with E-state index < -0.39 is 23.4 Å². The number of hydrogen-bond donors (Lipinski definition) is 2. The van der Waals surface area contributed by atoms with Gasteiger partial charge in [0, 0.05) is 62.1 Å². The molecule has 18 nitrogen and oxygen atoms in total. The number of ether oxygens (including phenoxy) is 2. The third-order valence-electron chi connectivity index (χ3n) is 6.80. The normalized spacial score (nSPS) is 8.69. The van der Waals surface area contributed by atoms with Crippen LogP contribution in [-0.4, -0.2) is 116 Å². The van der Waals surface area contributed by atoms with E-state index in [4.69, 9.17) is 9.47 Å². The fourth-order valence-corrected chi connectivity index (χ4v) is 4.07. The molecule has 2 aromatic heterocycles. The molecule has 0 saturated heterocycles. The molecule has 4 aromatic rings. The molecule has 0 bridgehead atoms. The van der Waals surface area contributed by atoms with Crippen molar-refractivity contribution < 1.29 is 88.1 Å². The standard InChI is InChI=1S/2C10H14N2O.2C8H8O4.Cu.4H2O/c2*1-3-12(4-2)10(13)9-6-5-7-11-8-9;2*1-12-6-4-2-3-5(7(6)9)8(10)11;;;;;/h2*5-8H,3-4H2,1-2H3;2*2-4,9H,1H3,(H,10,11);;4*1H2/q;;;;+2;;;;/p-2. The fraction of sp³-hybridized carbons (Fsp3) is 0.278. The SMILES string of the molecule is CCN(CC)C(=O)c1cccnc1.CCN(CC)C(=O)c1cccnc1.COc1cccc(C(=O)[O-])c1O.COc1cccc(C(=O)[O-])c1O.O.O.O.O.[Cu+2]. The number of aromatic hydroxyl groups is 2. The van der Waals surface area contributed by atoms with Gasteiger partial charge >= 0.3 is 17.1 Å². The summed E-state index contributed by atoms with van der Waals surface area (Å²) in [5, 5.41) is 39.2. The van der Waals surface area contributed by atoms with Crippen LogP contribution in [0.2, 0.25) is 0 Å². The van der Waals surface area contributed by atoms with Gasteiger partial charge in [0.25, 0.3) is 11.8 Å². The number of amides is 2. The quantitative estimate of drug-likeness (QED) is 0.189. The summed E-state index contributed by atoms with van der Waals surface area (Å²) in [6, 6.07) is 15.5. The Morgan fingerprint density at radius 1 is 0.582 bits per heavy atom. The molecule has 10 N–H and O–H groups in total. The first-order valence-electron chi connectivity index (χ1n) is 15.4. The number of para-hydroxylation sites is 2. The van der Waals surface area contributed by atoms with Crippen molar-refractivity contribution in [2.75, 3.05) is 40.4 Å². The van der Waals surface area contributed by atoms with Crippen molar-refractivity contribution >= 4 is 23.8 Å². The number of methoxy groups -OCH3 is 2. The van der Waals surface area contributed by atoms with Crippen molar-refractivity contribution in [3.05, 3.63) is 108 Å². The molecule has 0 fully saturated rings. The number of carboxylic acids is 2. The van der Waals surface area contributed by atoms with E-state index in [1.54, 1.807) is 58.9 Å². The van der Waals surface area contributed by atoms with Gasteiger partial charge in [-0.05, 0) is 76.2 Å². The number of hydrogen-bond acceptors (Lipinski definition) is 12. The average Bonchev–Trinajstić information content (AvgIpc) is 3.14. The number of aromatic nitrogens is 2. The second kappa shape index (κ2) is 31.7. The van der Waals surface area contributed by atoms with Crippen LogP contribution in [0.25, 0.3) is 0 Å². The third kappa shape index (κ3) is 18.7. The first-order valence-corrected chi connectivity index (χ1v) is 15.4. The van der Waals surface area contributed by atoms with Gasteiger partial charge in [-0.15, -0.1) is 0 Å². The average molecular weight is 826 g/mol. The van der Waals surface area contributed by atoms with E-state index in [0.29, 0.717) is 11.1 Å². The maximum absolute atomic E-state index is 11.7. The number of benzene rings is 2. The van der Waals surface area contributed by atoms with Gasteiger partial charge in [0.15, 0.2) is 23.0 Å². The van der Waals surface area contributed by atoms with Gasteiger partial charge in [0.1, 0.15) is 0 Å². The van der Waals surface area contributed by atoms with Crippen molar-refractivity contribution in [2.24, 2.45) is 0 Å². The zero-order chi connectivity index (χ0) is 37.6. The molecule has 2 heterocycles. The topological polar surface area (TPSA) is 332 Å². The Hall–Kier alpha value is -5.82. The molecule has 19 heteroatoms. The Morgan fingerprint density at radius 3 is 1.11 bits per heavy atom. The van der Waals surface area contributed by atoms with Gasteiger partial charge in [-0.3, -0.25) is 19.6 Å². The number of pyridine rings is 2. The number of phenols is 2. The minimum atomic E-state index is -1.42. The summed E-state index contributed by atoms with van der Waals surface area (Å²) in [6.45, 7) is 10.8. The number of rotatable bonds is 10. The first kappa shape index (κ1) is 58.5. The molecule has 2 aromatic carbocycles. The van der Waals surface area contributed by atoms with Gasteiger partial charge in [0.2, 0.25) is 0 Å². The summed E-state index contributed by atoms with van der Waals surface area (Å²) in [4.78, 5) is 55.5. The maximum Gasteiger partial charge on any atom is 2.00 e. The van der Waals surface area contributed by atoms with E-state index in [1.807, 2.05) is 27.7 Å².